The zero-order valence-corrected chi connectivity index (χ0v) is 11.7. The van der Waals surface area contributed by atoms with Crippen molar-refractivity contribution in [2.24, 2.45) is 11.5 Å². The number of benzene rings is 1. The Balaban J connectivity index is 2.36. The standard InChI is InChI=1S/C14H20ClN3O/c15-12-6-3-7-13(11(12)8-16)18(9-14(17)19)10-4-1-2-5-10/h3,6-7,10H,1-2,4-5,8-9,16H2,(H2,17,19). The molecule has 4 nitrogen and oxygen atoms in total. The van der Waals surface area contributed by atoms with Crippen LogP contribution >= 0.6 is 11.6 Å². The van der Waals surface area contributed by atoms with Crippen LogP contribution in [0.3, 0.4) is 0 Å². The Hall–Kier alpha value is -1.26. The molecule has 0 bridgehead atoms. The number of carbonyl (C=O) groups excluding carboxylic acids is 1. The van der Waals surface area contributed by atoms with Gasteiger partial charge in [0.25, 0.3) is 0 Å². The number of nitrogens with two attached hydrogens (primary N) is 2. The van der Waals surface area contributed by atoms with Gasteiger partial charge >= 0.3 is 0 Å². The van der Waals surface area contributed by atoms with Gasteiger partial charge in [-0.1, -0.05) is 30.5 Å². The summed E-state index contributed by atoms with van der Waals surface area (Å²) in [6.07, 6.45) is 4.56. The monoisotopic (exact) mass is 281 g/mol. The first kappa shape index (κ1) is 14.2. The van der Waals surface area contributed by atoms with E-state index in [1.54, 1.807) is 0 Å². The van der Waals surface area contributed by atoms with Gasteiger partial charge in [0, 0.05) is 28.9 Å². The molecule has 2 rings (SSSR count). The Morgan fingerprint density at radius 2 is 2.05 bits per heavy atom. The van der Waals surface area contributed by atoms with Crippen LogP contribution in [0, 0.1) is 0 Å². The molecule has 0 radical (unpaired) electrons. The third-order valence-electron chi connectivity index (χ3n) is 3.70. The highest BCUT2D eigenvalue weighted by molar-refractivity contribution is 6.31. The van der Waals surface area contributed by atoms with Crippen LogP contribution < -0.4 is 16.4 Å². The molecular formula is C14H20ClN3O. The highest BCUT2D eigenvalue weighted by Gasteiger charge is 2.26. The Morgan fingerprint density at radius 1 is 1.37 bits per heavy atom. The number of primary amides is 1. The molecule has 1 saturated carbocycles. The summed E-state index contributed by atoms with van der Waals surface area (Å²) in [5.41, 5.74) is 13.0. The van der Waals surface area contributed by atoms with Gasteiger partial charge in [-0.3, -0.25) is 4.79 Å². The van der Waals surface area contributed by atoms with E-state index in [1.165, 1.54) is 12.8 Å². The fourth-order valence-electron chi connectivity index (χ4n) is 2.81. The molecule has 0 unspecified atom stereocenters. The Morgan fingerprint density at radius 3 is 2.63 bits per heavy atom. The van der Waals surface area contributed by atoms with Crippen LogP contribution in [-0.4, -0.2) is 18.5 Å². The van der Waals surface area contributed by atoms with Gasteiger partial charge < -0.3 is 16.4 Å². The second-order valence-corrected chi connectivity index (χ2v) is 5.38. The quantitative estimate of drug-likeness (QED) is 0.867. The fraction of sp³-hybridized carbons (Fsp3) is 0.500. The summed E-state index contributed by atoms with van der Waals surface area (Å²) >= 11 is 6.19. The molecule has 1 aromatic rings. The average Bonchev–Trinajstić information content (AvgIpc) is 2.89. The smallest absolute Gasteiger partial charge is 0.236 e. The molecule has 0 heterocycles. The van der Waals surface area contributed by atoms with Gasteiger partial charge in [0.05, 0.1) is 6.54 Å². The van der Waals surface area contributed by atoms with E-state index >= 15 is 0 Å². The molecular weight excluding hydrogens is 262 g/mol. The van der Waals surface area contributed by atoms with E-state index in [4.69, 9.17) is 23.1 Å². The van der Waals surface area contributed by atoms with Crippen LogP contribution in [0.5, 0.6) is 0 Å². The Bertz CT molecular complexity index is 458. The molecule has 1 aromatic carbocycles. The lowest BCUT2D eigenvalue weighted by molar-refractivity contribution is -0.116. The van der Waals surface area contributed by atoms with Crippen molar-refractivity contribution in [3.8, 4) is 0 Å². The molecule has 1 aliphatic carbocycles. The highest BCUT2D eigenvalue weighted by atomic mass is 35.5. The molecule has 1 amide bonds. The first-order chi connectivity index (χ1) is 9.13. The van der Waals surface area contributed by atoms with E-state index in [-0.39, 0.29) is 12.5 Å². The average molecular weight is 282 g/mol. The van der Waals surface area contributed by atoms with Gasteiger partial charge in [0.1, 0.15) is 0 Å². The van der Waals surface area contributed by atoms with Crippen molar-refractivity contribution >= 4 is 23.2 Å². The predicted molar refractivity (Wildman–Crippen MR) is 78.1 cm³/mol. The van der Waals surface area contributed by atoms with Gasteiger partial charge in [0.2, 0.25) is 5.91 Å². The van der Waals surface area contributed by atoms with Crippen molar-refractivity contribution in [2.75, 3.05) is 11.4 Å². The van der Waals surface area contributed by atoms with Crippen molar-refractivity contribution in [3.63, 3.8) is 0 Å². The molecule has 0 saturated heterocycles. The van der Waals surface area contributed by atoms with Crippen LogP contribution in [0.1, 0.15) is 31.2 Å². The molecule has 1 aliphatic rings. The van der Waals surface area contributed by atoms with Gasteiger partial charge in [-0.2, -0.15) is 0 Å². The Kier molecular flexibility index (Phi) is 4.66. The highest BCUT2D eigenvalue weighted by Crippen LogP contribution is 2.33. The number of rotatable bonds is 5. The van der Waals surface area contributed by atoms with E-state index in [0.29, 0.717) is 17.6 Å². The van der Waals surface area contributed by atoms with Crippen LogP contribution in [0.4, 0.5) is 5.69 Å². The largest absolute Gasteiger partial charge is 0.368 e. The normalized spacial score (nSPS) is 15.7. The third kappa shape index (κ3) is 3.19. The lowest BCUT2D eigenvalue weighted by atomic mass is 10.1. The summed E-state index contributed by atoms with van der Waals surface area (Å²) in [6, 6.07) is 6.04. The lowest BCUT2D eigenvalue weighted by Crippen LogP contribution is -2.40. The van der Waals surface area contributed by atoms with Gasteiger partial charge in [-0.05, 0) is 25.0 Å². The minimum atomic E-state index is -0.324. The minimum Gasteiger partial charge on any atom is -0.368 e. The van der Waals surface area contributed by atoms with E-state index in [2.05, 4.69) is 4.90 Å². The van der Waals surface area contributed by atoms with E-state index in [9.17, 15) is 4.79 Å². The SMILES string of the molecule is NCc1c(Cl)cccc1N(CC(N)=O)C1CCCC1. The van der Waals surface area contributed by atoms with Crippen LogP contribution in [0.15, 0.2) is 18.2 Å². The molecule has 0 spiro atoms. The first-order valence-corrected chi connectivity index (χ1v) is 7.03. The summed E-state index contributed by atoms with van der Waals surface area (Å²) in [4.78, 5) is 13.4. The molecule has 0 aromatic heterocycles. The number of nitrogens with zero attached hydrogens (tertiary/aromatic N) is 1. The number of hydrogen-bond acceptors (Lipinski definition) is 3. The van der Waals surface area contributed by atoms with Crippen LogP contribution in [0.2, 0.25) is 5.02 Å². The summed E-state index contributed by atoms with van der Waals surface area (Å²) < 4.78 is 0. The molecule has 19 heavy (non-hydrogen) atoms. The molecule has 4 N–H and O–H groups in total. The zero-order valence-electron chi connectivity index (χ0n) is 10.9. The second kappa shape index (κ2) is 6.26. The summed E-state index contributed by atoms with van der Waals surface area (Å²) in [5, 5.41) is 0.646. The lowest BCUT2D eigenvalue weighted by Gasteiger charge is -2.32. The maximum Gasteiger partial charge on any atom is 0.236 e. The predicted octanol–water partition coefficient (Wildman–Crippen LogP) is 2.03. The minimum absolute atomic E-state index is 0.220. The van der Waals surface area contributed by atoms with Crippen molar-refractivity contribution in [1.29, 1.82) is 0 Å². The third-order valence-corrected chi connectivity index (χ3v) is 4.05. The van der Waals surface area contributed by atoms with Crippen LogP contribution in [-0.2, 0) is 11.3 Å². The van der Waals surface area contributed by atoms with Crippen LogP contribution in [0.25, 0.3) is 0 Å². The fourth-order valence-corrected chi connectivity index (χ4v) is 3.06. The van der Waals surface area contributed by atoms with Gasteiger partial charge in [-0.25, -0.2) is 0 Å². The number of amides is 1. The van der Waals surface area contributed by atoms with Crippen molar-refractivity contribution in [1.82, 2.24) is 0 Å². The van der Waals surface area contributed by atoms with Crippen molar-refractivity contribution in [3.05, 3.63) is 28.8 Å². The zero-order chi connectivity index (χ0) is 13.8. The van der Waals surface area contributed by atoms with Crippen molar-refractivity contribution in [2.45, 2.75) is 38.3 Å². The molecule has 0 atom stereocenters. The van der Waals surface area contributed by atoms with E-state index < -0.39 is 0 Å². The van der Waals surface area contributed by atoms with Crippen molar-refractivity contribution < 1.29 is 4.79 Å². The topological polar surface area (TPSA) is 72.3 Å². The molecule has 1 fully saturated rings. The summed E-state index contributed by atoms with van der Waals surface area (Å²) in [7, 11) is 0. The molecule has 104 valence electrons. The molecule has 5 heteroatoms. The van der Waals surface area contributed by atoms with E-state index in [0.717, 1.165) is 24.1 Å². The number of carbonyl (C=O) groups is 1. The number of anilines is 1. The van der Waals surface area contributed by atoms with E-state index in [1.807, 2.05) is 18.2 Å². The summed E-state index contributed by atoms with van der Waals surface area (Å²) in [5.74, 6) is -0.324. The van der Waals surface area contributed by atoms with Gasteiger partial charge in [-0.15, -0.1) is 0 Å². The maximum atomic E-state index is 11.3. The Labute approximate surface area is 118 Å². The number of halogens is 1. The van der Waals surface area contributed by atoms with Gasteiger partial charge in [0.15, 0.2) is 0 Å². The number of hydrogen-bond donors (Lipinski definition) is 2. The second-order valence-electron chi connectivity index (χ2n) is 4.97. The summed E-state index contributed by atoms with van der Waals surface area (Å²) in [6.45, 7) is 0.578. The maximum absolute atomic E-state index is 11.3. The molecule has 0 aliphatic heterocycles. The first-order valence-electron chi connectivity index (χ1n) is 6.66.